The topological polar surface area (TPSA) is 106 Å². The number of hydrogen-bond donors (Lipinski definition) is 1. The van der Waals surface area contributed by atoms with Crippen molar-refractivity contribution in [3.63, 3.8) is 0 Å². The van der Waals surface area contributed by atoms with Crippen LogP contribution in [0, 0.1) is 22.7 Å². The minimum Gasteiger partial charge on any atom is -0.497 e. The molecule has 7 heteroatoms. The molecule has 0 saturated heterocycles. The van der Waals surface area contributed by atoms with Gasteiger partial charge in [-0.2, -0.15) is 5.26 Å². The van der Waals surface area contributed by atoms with E-state index in [1.54, 1.807) is 124 Å². The van der Waals surface area contributed by atoms with Gasteiger partial charge in [0.15, 0.2) is 11.2 Å². The maximum Gasteiger partial charge on any atom is 0.327 e. The zero-order valence-corrected chi connectivity index (χ0v) is 25.0. The second-order valence-electron chi connectivity index (χ2n) is 11.0. The molecule has 0 aromatic heterocycles. The smallest absolute Gasteiger partial charge is 0.327 e. The number of hydrogen-bond acceptors (Lipinski definition) is 7. The molecule has 0 aliphatic heterocycles. The summed E-state index contributed by atoms with van der Waals surface area (Å²) in [5, 5.41) is 24.2. The molecular formula is C37H35NO6. The van der Waals surface area contributed by atoms with E-state index in [0.717, 1.165) is 0 Å². The molecule has 0 unspecified atom stereocenters. The summed E-state index contributed by atoms with van der Waals surface area (Å²) in [7, 11) is 3.10. The molecule has 5 atom stereocenters. The molecule has 4 aromatic carbocycles. The molecule has 0 spiro atoms. The van der Waals surface area contributed by atoms with Crippen LogP contribution in [0.1, 0.15) is 52.2 Å². The Kier molecular flexibility index (Phi) is 8.84. The predicted octanol–water partition coefficient (Wildman–Crippen LogP) is 6.43. The summed E-state index contributed by atoms with van der Waals surface area (Å²) in [5.74, 6) is -3.17. The fraction of sp³-hybridized carbons (Fsp3) is 0.270. The molecule has 5 rings (SSSR count). The van der Waals surface area contributed by atoms with Crippen LogP contribution in [-0.4, -0.2) is 37.7 Å². The van der Waals surface area contributed by atoms with Crippen molar-refractivity contribution in [1.82, 2.24) is 0 Å². The molecule has 224 valence electrons. The van der Waals surface area contributed by atoms with Crippen molar-refractivity contribution in [2.45, 2.75) is 30.8 Å². The highest BCUT2D eigenvalue weighted by molar-refractivity contribution is 6.00. The minimum absolute atomic E-state index is 0.0349. The van der Waals surface area contributed by atoms with Gasteiger partial charge in [0.05, 0.1) is 32.8 Å². The molecule has 0 heterocycles. The van der Waals surface area contributed by atoms with Crippen molar-refractivity contribution in [1.29, 1.82) is 5.26 Å². The predicted molar refractivity (Wildman–Crippen MR) is 165 cm³/mol. The van der Waals surface area contributed by atoms with Gasteiger partial charge in [-0.15, -0.1) is 0 Å². The van der Waals surface area contributed by atoms with Gasteiger partial charge in [-0.3, -0.25) is 9.59 Å². The van der Waals surface area contributed by atoms with Crippen LogP contribution in [-0.2, 0) is 15.1 Å². The first-order chi connectivity index (χ1) is 21.3. The summed E-state index contributed by atoms with van der Waals surface area (Å²) >= 11 is 0. The Morgan fingerprint density at radius 2 is 1.34 bits per heavy atom. The highest BCUT2D eigenvalue weighted by Gasteiger charge is 2.67. The van der Waals surface area contributed by atoms with Crippen LogP contribution in [0.5, 0.6) is 11.5 Å². The Bertz CT molecular complexity index is 1630. The zero-order chi connectivity index (χ0) is 31.3. The molecule has 0 radical (unpaired) electrons. The summed E-state index contributed by atoms with van der Waals surface area (Å²) in [6, 6.07) is 34.1. The number of benzene rings is 4. The van der Waals surface area contributed by atoms with Crippen LogP contribution >= 0.6 is 0 Å². The molecule has 1 aliphatic rings. The van der Waals surface area contributed by atoms with Gasteiger partial charge < -0.3 is 19.3 Å². The molecule has 44 heavy (non-hydrogen) atoms. The molecule has 7 nitrogen and oxygen atoms in total. The van der Waals surface area contributed by atoms with Crippen LogP contribution in [0.4, 0.5) is 0 Å². The van der Waals surface area contributed by atoms with E-state index in [4.69, 9.17) is 14.2 Å². The minimum atomic E-state index is -1.89. The van der Waals surface area contributed by atoms with Gasteiger partial charge in [0.25, 0.3) is 0 Å². The van der Waals surface area contributed by atoms with Crippen LogP contribution in [0.25, 0.3) is 0 Å². The Hall–Kier alpha value is -4.93. The second kappa shape index (κ2) is 12.7. The van der Waals surface area contributed by atoms with E-state index in [2.05, 4.69) is 6.07 Å². The molecule has 1 aliphatic carbocycles. The normalized spacial score (nSPS) is 24.5. The lowest BCUT2D eigenvalue weighted by Gasteiger charge is -2.54. The number of nitrogens with zero attached hydrogens (tertiary/aromatic N) is 1. The number of aliphatic hydroxyl groups is 1. The fourth-order valence-corrected chi connectivity index (χ4v) is 6.73. The SMILES string of the molecule is CCOC(=O)[C@]1(C#N)[C@H](c2ccc(OC)cc2)C[C@](O)(c2ccccc2)[C@H](C(=O)c2ccccc2)[C@@H]1c1ccc(OC)cc1. The Balaban J connectivity index is 1.88. The fourth-order valence-electron chi connectivity index (χ4n) is 6.73. The van der Waals surface area contributed by atoms with Crippen molar-refractivity contribution >= 4 is 11.8 Å². The van der Waals surface area contributed by atoms with Crippen molar-refractivity contribution in [2.24, 2.45) is 11.3 Å². The van der Waals surface area contributed by atoms with Crippen molar-refractivity contribution in [2.75, 3.05) is 20.8 Å². The number of rotatable bonds is 9. The van der Waals surface area contributed by atoms with E-state index in [1.165, 1.54) is 0 Å². The van der Waals surface area contributed by atoms with E-state index in [0.29, 0.717) is 33.8 Å². The van der Waals surface area contributed by atoms with Gasteiger partial charge in [-0.25, -0.2) is 0 Å². The quantitative estimate of drug-likeness (QED) is 0.177. The number of ketones is 1. The van der Waals surface area contributed by atoms with Crippen molar-refractivity contribution < 1.29 is 28.9 Å². The van der Waals surface area contributed by atoms with Gasteiger partial charge in [0, 0.05) is 17.4 Å². The summed E-state index contributed by atoms with van der Waals surface area (Å²) in [6.07, 6.45) is -0.0917. The first-order valence-electron chi connectivity index (χ1n) is 14.6. The zero-order valence-electron chi connectivity index (χ0n) is 25.0. The maximum atomic E-state index is 14.7. The Labute approximate surface area is 257 Å². The summed E-state index contributed by atoms with van der Waals surface area (Å²) in [6.45, 7) is 1.72. The number of methoxy groups -OCH3 is 2. The maximum absolute atomic E-state index is 14.7. The van der Waals surface area contributed by atoms with E-state index < -0.39 is 34.7 Å². The van der Waals surface area contributed by atoms with Crippen LogP contribution in [0.15, 0.2) is 109 Å². The van der Waals surface area contributed by atoms with E-state index in [9.17, 15) is 20.0 Å². The van der Waals surface area contributed by atoms with Gasteiger partial charge in [-0.1, -0.05) is 84.9 Å². The number of carbonyl (C=O) groups excluding carboxylic acids is 2. The van der Waals surface area contributed by atoms with Crippen molar-refractivity contribution in [3.8, 4) is 17.6 Å². The number of ether oxygens (including phenoxy) is 3. The largest absolute Gasteiger partial charge is 0.497 e. The van der Waals surface area contributed by atoms with Gasteiger partial charge >= 0.3 is 5.97 Å². The highest BCUT2D eigenvalue weighted by atomic mass is 16.5. The van der Waals surface area contributed by atoms with E-state index >= 15 is 0 Å². The lowest BCUT2D eigenvalue weighted by Crippen LogP contribution is -2.59. The van der Waals surface area contributed by atoms with Gasteiger partial charge in [-0.05, 0) is 54.3 Å². The standard InChI is InChI=1S/C37H35NO6/c1-4-44-35(40)36(24-38)31(25-15-19-29(42-2)20-16-25)23-37(41,28-13-9-6-10-14-28)33(34(39)27-11-7-5-8-12-27)32(36)26-17-21-30(43-3)22-18-26/h5-22,31-33,41H,4,23H2,1-3H3/t31-,32-,33-,36+,37-/m0/s1. The molecule has 4 aromatic rings. The lowest BCUT2D eigenvalue weighted by molar-refractivity contribution is -0.164. The van der Waals surface area contributed by atoms with Crippen molar-refractivity contribution in [3.05, 3.63) is 131 Å². The third kappa shape index (κ3) is 5.23. The number of carbonyl (C=O) groups is 2. The third-order valence-electron chi connectivity index (χ3n) is 8.81. The average Bonchev–Trinajstić information content (AvgIpc) is 3.08. The molecule has 1 saturated carbocycles. The monoisotopic (exact) mass is 589 g/mol. The first kappa shape index (κ1) is 30.5. The van der Waals surface area contributed by atoms with E-state index in [1.807, 2.05) is 6.07 Å². The second-order valence-corrected chi connectivity index (χ2v) is 11.0. The van der Waals surface area contributed by atoms with E-state index in [-0.39, 0.29) is 18.8 Å². The highest BCUT2D eigenvalue weighted by Crippen LogP contribution is 2.64. The molecule has 1 fully saturated rings. The molecule has 0 amide bonds. The Morgan fingerprint density at radius 1 is 0.818 bits per heavy atom. The van der Waals surface area contributed by atoms with Crippen LogP contribution in [0.2, 0.25) is 0 Å². The lowest BCUT2D eigenvalue weighted by atomic mass is 9.47. The first-order valence-corrected chi connectivity index (χ1v) is 14.6. The number of esters is 1. The summed E-state index contributed by atoms with van der Waals surface area (Å²) in [4.78, 5) is 29.1. The molecular weight excluding hydrogens is 554 g/mol. The molecule has 0 bridgehead atoms. The van der Waals surface area contributed by atoms with Gasteiger partial charge in [0.1, 0.15) is 17.1 Å². The molecule has 1 N–H and O–H groups in total. The van der Waals surface area contributed by atoms with Crippen LogP contribution in [0.3, 0.4) is 0 Å². The van der Waals surface area contributed by atoms with Crippen LogP contribution < -0.4 is 9.47 Å². The average molecular weight is 590 g/mol. The number of nitriles is 1. The van der Waals surface area contributed by atoms with Gasteiger partial charge in [0.2, 0.25) is 0 Å². The third-order valence-corrected chi connectivity index (χ3v) is 8.81. The number of Topliss-reactive ketones (excluding diaryl/α,β-unsaturated/α-hetero) is 1. The Morgan fingerprint density at radius 3 is 1.84 bits per heavy atom. The summed E-state index contributed by atoms with van der Waals surface area (Å²) < 4.78 is 16.5. The summed E-state index contributed by atoms with van der Waals surface area (Å²) in [5.41, 5.74) is -1.63.